The highest BCUT2D eigenvalue weighted by Crippen LogP contribution is 2.17. The lowest BCUT2D eigenvalue weighted by molar-refractivity contribution is -0.153. The van der Waals surface area contributed by atoms with Crippen LogP contribution in [-0.2, 0) is 20.8 Å². The summed E-state index contributed by atoms with van der Waals surface area (Å²) in [5.41, 5.74) is 1.14. The molecule has 1 atom stereocenters. The van der Waals surface area contributed by atoms with Crippen LogP contribution in [0.2, 0.25) is 0 Å². The van der Waals surface area contributed by atoms with Crippen molar-refractivity contribution in [1.82, 2.24) is 4.90 Å². The van der Waals surface area contributed by atoms with E-state index < -0.39 is 0 Å². The molecule has 0 aromatic heterocycles. The molecule has 20 heavy (non-hydrogen) atoms. The van der Waals surface area contributed by atoms with Crippen LogP contribution >= 0.6 is 0 Å². The fourth-order valence-corrected chi connectivity index (χ4v) is 2.27. The van der Waals surface area contributed by atoms with Crippen LogP contribution in [0.3, 0.4) is 0 Å². The van der Waals surface area contributed by atoms with Crippen LogP contribution in [0.5, 0.6) is 5.75 Å². The van der Waals surface area contributed by atoms with Crippen molar-refractivity contribution >= 4 is 5.97 Å². The molecule has 110 valence electrons. The summed E-state index contributed by atoms with van der Waals surface area (Å²) < 4.78 is 15.6. The summed E-state index contributed by atoms with van der Waals surface area (Å²) in [4.78, 5) is 13.8. The maximum Gasteiger partial charge on any atom is 0.325 e. The van der Waals surface area contributed by atoms with Crippen LogP contribution in [0, 0.1) is 0 Å². The number of nitrogens with zero attached hydrogens (tertiary/aromatic N) is 1. The van der Waals surface area contributed by atoms with Gasteiger partial charge in [0.1, 0.15) is 11.8 Å². The zero-order valence-corrected chi connectivity index (χ0v) is 12.0. The van der Waals surface area contributed by atoms with Gasteiger partial charge >= 0.3 is 5.97 Å². The maximum atomic E-state index is 11.7. The molecule has 5 nitrogen and oxygen atoms in total. The molecule has 1 heterocycles. The van der Waals surface area contributed by atoms with Crippen molar-refractivity contribution in [1.29, 1.82) is 0 Å². The Morgan fingerprint density at radius 2 is 2.15 bits per heavy atom. The third-order valence-corrected chi connectivity index (χ3v) is 3.33. The Hall–Kier alpha value is -1.59. The van der Waals surface area contributed by atoms with Crippen LogP contribution in [0.4, 0.5) is 0 Å². The molecule has 1 aromatic carbocycles. The van der Waals surface area contributed by atoms with E-state index in [0.717, 1.165) is 17.9 Å². The van der Waals surface area contributed by atoms with Crippen molar-refractivity contribution in [3.63, 3.8) is 0 Å². The van der Waals surface area contributed by atoms with Gasteiger partial charge in [-0.05, 0) is 24.6 Å². The number of hydrogen-bond donors (Lipinski definition) is 0. The summed E-state index contributed by atoms with van der Waals surface area (Å²) in [6.45, 7) is 5.09. The van der Waals surface area contributed by atoms with Crippen molar-refractivity contribution in [2.24, 2.45) is 0 Å². The molecular weight excluding hydrogens is 258 g/mol. The molecule has 0 N–H and O–H groups in total. The van der Waals surface area contributed by atoms with E-state index in [9.17, 15) is 4.79 Å². The topological polar surface area (TPSA) is 48.0 Å². The van der Waals surface area contributed by atoms with Gasteiger partial charge in [0.15, 0.2) is 0 Å². The molecule has 1 aliphatic rings. The van der Waals surface area contributed by atoms with Gasteiger partial charge in [0.25, 0.3) is 0 Å². The van der Waals surface area contributed by atoms with Gasteiger partial charge in [-0.2, -0.15) is 0 Å². The second-order valence-corrected chi connectivity index (χ2v) is 4.66. The molecule has 1 saturated heterocycles. The number of carbonyl (C=O) groups is 1. The summed E-state index contributed by atoms with van der Waals surface area (Å²) in [5.74, 6) is 0.624. The molecule has 0 saturated carbocycles. The Labute approximate surface area is 119 Å². The van der Waals surface area contributed by atoms with E-state index >= 15 is 0 Å². The maximum absolute atomic E-state index is 11.7. The number of hydrogen-bond acceptors (Lipinski definition) is 5. The Morgan fingerprint density at radius 1 is 1.40 bits per heavy atom. The third kappa shape index (κ3) is 3.71. The van der Waals surface area contributed by atoms with E-state index in [0.29, 0.717) is 26.4 Å². The van der Waals surface area contributed by atoms with Crippen LogP contribution in [-0.4, -0.2) is 50.4 Å². The van der Waals surface area contributed by atoms with Gasteiger partial charge in [-0.15, -0.1) is 0 Å². The fraction of sp³-hybridized carbons (Fsp3) is 0.533. The first-order valence-electron chi connectivity index (χ1n) is 6.86. The Morgan fingerprint density at radius 3 is 2.80 bits per heavy atom. The van der Waals surface area contributed by atoms with Crippen LogP contribution in [0.15, 0.2) is 24.3 Å². The quantitative estimate of drug-likeness (QED) is 0.764. The molecule has 0 radical (unpaired) electrons. The predicted octanol–water partition coefficient (Wildman–Crippen LogP) is 1.46. The van der Waals surface area contributed by atoms with Gasteiger partial charge in [-0.25, -0.2) is 0 Å². The van der Waals surface area contributed by atoms with Gasteiger partial charge in [-0.1, -0.05) is 12.1 Å². The summed E-state index contributed by atoms with van der Waals surface area (Å²) in [6, 6.07) is 7.63. The molecule has 0 amide bonds. The molecular formula is C15H21NO4. The summed E-state index contributed by atoms with van der Waals surface area (Å²) in [7, 11) is 1.41. The summed E-state index contributed by atoms with van der Waals surface area (Å²) in [5, 5.41) is 0. The highest BCUT2D eigenvalue weighted by molar-refractivity contribution is 5.75. The average Bonchev–Trinajstić information content (AvgIpc) is 2.49. The van der Waals surface area contributed by atoms with E-state index in [1.165, 1.54) is 7.11 Å². The van der Waals surface area contributed by atoms with Crippen LogP contribution in [0.1, 0.15) is 12.5 Å². The van der Waals surface area contributed by atoms with Gasteiger partial charge in [-0.3, -0.25) is 9.69 Å². The molecule has 0 aliphatic carbocycles. The average molecular weight is 279 g/mol. The minimum absolute atomic E-state index is 0.240. The second kappa shape index (κ2) is 7.26. The van der Waals surface area contributed by atoms with Crippen molar-refractivity contribution < 1.29 is 19.0 Å². The molecule has 0 spiro atoms. The number of morpholine rings is 1. The highest BCUT2D eigenvalue weighted by Gasteiger charge is 2.30. The predicted molar refractivity (Wildman–Crippen MR) is 74.6 cm³/mol. The minimum Gasteiger partial charge on any atom is -0.494 e. The summed E-state index contributed by atoms with van der Waals surface area (Å²) >= 11 is 0. The number of ether oxygens (including phenoxy) is 3. The van der Waals surface area contributed by atoms with Crippen LogP contribution < -0.4 is 4.74 Å². The molecule has 1 aliphatic heterocycles. The Balaban J connectivity index is 2.00. The van der Waals surface area contributed by atoms with E-state index in [-0.39, 0.29) is 12.0 Å². The zero-order chi connectivity index (χ0) is 14.4. The van der Waals surface area contributed by atoms with Gasteiger partial charge in [0.05, 0.1) is 26.9 Å². The zero-order valence-electron chi connectivity index (χ0n) is 12.0. The van der Waals surface area contributed by atoms with Crippen molar-refractivity contribution in [3.05, 3.63) is 29.8 Å². The fourth-order valence-electron chi connectivity index (χ4n) is 2.27. The molecule has 1 fully saturated rings. The molecule has 5 heteroatoms. The first-order chi connectivity index (χ1) is 9.74. The molecule has 2 rings (SSSR count). The monoisotopic (exact) mass is 279 g/mol. The third-order valence-electron chi connectivity index (χ3n) is 3.33. The molecule has 0 bridgehead atoms. The molecule has 1 aromatic rings. The van der Waals surface area contributed by atoms with Gasteiger partial charge < -0.3 is 14.2 Å². The van der Waals surface area contributed by atoms with Gasteiger partial charge in [0, 0.05) is 13.1 Å². The van der Waals surface area contributed by atoms with Gasteiger partial charge in [0.2, 0.25) is 0 Å². The Bertz CT molecular complexity index is 432. The Kier molecular flexibility index (Phi) is 5.38. The molecule has 1 unspecified atom stereocenters. The van der Waals surface area contributed by atoms with Crippen molar-refractivity contribution in [3.8, 4) is 5.75 Å². The first-order valence-corrected chi connectivity index (χ1v) is 6.86. The summed E-state index contributed by atoms with van der Waals surface area (Å²) in [6.07, 6.45) is 0. The number of rotatable bonds is 5. The smallest absolute Gasteiger partial charge is 0.325 e. The SMILES string of the molecule is CCOc1ccc(CN2CCOCC2C(=O)OC)cc1. The van der Waals surface area contributed by atoms with Crippen molar-refractivity contribution in [2.75, 3.05) is 33.5 Å². The second-order valence-electron chi connectivity index (χ2n) is 4.66. The lowest BCUT2D eigenvalue weighted by Crippen LogP contribution is -2.49. The lowest BCUT2D eigenvalue weighted by atomic mass is 10.1. The highest BCUT2D eigenvalue weighted by atomic mass is 16.5. The number of carbonyl (C=O) groups excluding carboxylic acids is 1. The number of methoxy groups -OCH3 is 1. The standard InChI is InChI=1S/C15H21NO4/c1-3-20-13-6-4-12(5-7-13)10-16-8-9-19-11-14(16)15(17)18-2/h4-7,14H,3,8-11H2,1-2H3. The largest absolute Gasteiger partial charge is 0.494 e. The van der Waals surface area contributed by atoms with E-state index in [1.807, 2.05) is 31.2 Å². The van der Waals surface area contributed by atoms with Crippen LogP contribution in [0.25, 0.3) is 0 Å². The number of esters is 1. The number of benzene rings is 1. The lowest BCUT2D eigenvalue weighted by Gasteiger charge is -2.33. The van der Waals surface area contributed by atoms with E-state index in [4.69, 9.17) is 14.2 Å². The minimum atomic E-state index is -0.319. The van der Waals surface area contributed by atoms with E-state index in [1.54, 1.807) is 0 Å². The normalized spacial score (nSPS) is 19.6. The first kappa shape index (κ1) is 14.8. The van der Waals surface area contributed by atoms with Crippen molar-refractivity contribution in [2.45, 2.75) is 19.5 Å². The van der Waals surface area contributed by atoms with E-state index in [2.05, 4.69) is 4.90 Å².